The second-order valence-electron chi connectivity index (χ2n) is 7.23. The van der Waals surface area contributed by atoms with Crippen molar-refractivity contribution in [2.24, 2.45) is 0 Å². The van der Waals surface area contributed by atoms with Crippen molar-refractivity contribution in [1.29, 1.82) is 0 Å². The summed E-state index contributed by atoms with van der Waals surface area (Å²) < 4.78 is 1.91. The number of aryl methyl sites for hydroxylation is 1. The number of non-ortho nitro benzene ring substituents is 1. The van der Waals surface area contributed by atoms with E-state index in [-0.39, 0.29) is 11.6 Å². The van der Waals surface area contributed by atoms with Gasteiger partial charge in [-0.2, -0.15) is 0 Å². The maximum absolute atomic E-state index is 12.8. The minimum absolute atomic E-state index is 0.0893. The van der Waals surface area contributed by atoms with Gasteiger partial charge in [0.1, 0.15) is 0 Å². The first-order chi connectivity index (χ1) is 15.9. The van der Waals surface area contributed by atoms with Crippen LogP contribution in [0.15, 0.2) is 78.2 Å². The Bertz CT molecular complexity index is 1310. The van der Waals surface area contributed by atoms with E-state index in [0.29, 0.717) is 16.7 Å². The fourth-order valence-electron chi connectivity index (χ4n) is 3.21. The Morgan fingerprint density at radius 2 is 1.94 bits per heavy atom. The van der Waals surface area contributed by atoms with Crippen LogP contribution in [0.5, 0.6) is 0 Å². The Morgan fingerprint density at radius 3 is 2.67 bits per heavy atom. The van der Waals surface area contributed by atoms with Crippen LogP contribution >= 0.6 is 11.8 Å². The van der Waals surface area contributed by atoms with Crippen molar-refractivity contribution in [1.82, 2.24) is 19.7 Å². The lowest BCUT2D eigenvalue weighted by Gasteiger charge is -2.15. The van der Waals surface area contributed by atoms with Gasteiger partial charge in [-0.25, -0.2) is 0 Å². The van der Waals surface area contributed by atoms with Crippen molar-refractivity contribution in [2.75, 3.05) is 5.32 Å². The zero-order valence-electron chi connectivity index (χ0n) is 17.9. The molecule has 166 valence electrons. The van der Waals surface area contributed by atoms with Gasteiger partial charge >= 0.3 is 0 Å². The summed E-state index contributed by atoms with van der Waals surface area (Å²) >= 11 is 1.25. The highest BCUT2D eigenvalue weighted by atomic mass is 32.2. The van der Waals surface area contributed by atoms with Crippen molar-refractivity contribution in [3.05, 3.63) is 88.7 Å². The number of pyridine rings is 1. The standard InChI is InChI=1S/C23H20N6O3S/c1-15-7-3-4-11-20(15)28-21(17-8-6-12-24-14-17)26-27-23(28)33-16(2)22(30)25-18-9-5-10-19(13-18)29(31)32/h3-14,16H,1-2H3,(H,25,30). The molecule has 4 rings (SSSR count). The van der Waals surface area contributed by atoms with Gasteiger partial charge in [-0.15, -0.1) is 10.2 Å². The fourth-order valence-corrected chi connectivity index (χ4v) is 4.07. The maximum atomic E-state index is 12.8. The normalized spacial score (nSPS) is 11.7. The van der Waals surface area contributed by atoms with E-state index in [1.165, 1.54) is 30.0 Å². The molecule has 0 fully saturated rings. The number of rotatable bonds is 7. The second kappa shape index (κ2) is 9.61. The number of nitrogens with one attached hydrogen (secondary N) is 1. The Hall–Kier alpha value is -4.05. The van der Waals surface area contributed by atoms with Crippen LogP contribution in [0, 0.1) is 17.0 Å². The highest BCUT2D eigenvalue weighted by Gasteiger charge is 2.23. The van der Waals surface area contributed by atoms with Gasteiger partial charge in [-0.3, -0.25) is 24.5 Å². The molecule has 0 saturated carbocycles. The number of nitro groups is 1. The van der Waals surface area contributed by atoms with E-state index in [9.17, 15) is 14.9 Å². The molecular formula is C23H20N6O3S. The summed E-state index contributed by atoms with van der Waals surface area (Å²) in [6, 6.07) is 17.4. The molecule has 0 radical (unpaired) electrons. The van der Waals surface area contributed by atoms with Gasteiger partial charge in [0, 0.05) is 35.8 Å². The number of hydrogen-bond donors (Lipinski definition) is 1. The first kappa shape index (κ1) is 22.2. The van der Waals surface area contributed by atoms with Gasteiger partial charge < -0.3 is 5.32 Å². The molecule has 1 amide bonds. The average molecular weight is 461 g/mol. The Labute approximate surface area is 194 Å². The number of anilines is 1. The monoisotopic (exact) mass is 460 g/mol. The summed E-state index contributed by atoms with van der Waals surface area (Å²) in [6.45, 7) is 3.74. The van der Waals surface area contributed by atoms with Crippen LogP contribution in [-0.2, 0) is 4.79 Å². The zero-order chi connectivity index (χ0) is 23.4. The van der Waals surface area contributed by atoms with E-state index in [1.807, 2.05) is 47.9 Å². The molecule has 1 unspecified atom stereocenters. The molecule has 10 heteroatoms. The van der Waals surface area contributed by atoms with Gasteiger partial charge in [0.15, 0.2) is 11.0 Å². The van der Waals surface area contributed by atoms with Gasteiger partial charge in [0.2, 0.25) is 5.91 Å². The second-order valence-corrected chi connectivity index (χ2v) is 8.53. The van der Waals surface area contributed by atoms with E-state index in [0.717, 1.165) is 16.8 Å². The lowest BCUT2D eigenvalue weighted by molar-refractivity contribution is -0.384. The molecule has 0 saturated heterocycles. The van der Waals surface area contributed by atoms with E-state index >= 15 is 0 Å². The summed E-state index contributed by atoms with van der Waals surface area (Å²) in [5.41, 5.74) is 2.99. The molecule has 0 aliphatic rings. The molecule has 9 nitrogen and oxygen atoms in total. The van der Waals surface area contributed by atoms with Crippen LogP contribution < -0.4 is 5.32 Å². The van der Waals surface area contributed by atoms with Gasteiger partial charge in [0.25, 0.3) is 5.69 Å². The fraction of sp³-hybridized carbons (Fsp3) is 0.130. The lowest BCUT2D eigenvalue weighted by atomic mass is 10.2. The summed E-state index contributed by atoms with van der Waals surface area (Å²) in [5.74, 6) is 0.314. The minimum Gasteiger partial charge on any atom is -0.325 e. The first-order valence-corrected chi connectivity index (χ1v) is 11.0. The van der Waals surface area contributed by atoms with Gasteiger partial charge in [-0.05, 0) is 43.7 Å². The molecule has 0 aliphatic carbocycles. The summed E-state index contributed by atoms with van der Waals surface area (Å²) in [5, 5.41) is 22.5. The van der Waals surface area contributed by atoms with Crippen LogP contribution in [0.1, 0.15) is 12.5 Å². The molecule has 2 aromatic carbocycles. The van der Waals surface area contributed by atoms with Crippen LogP contribution in [0.2, 0.25) is 0 Å². The van der Waals surface area contributed by atoms with Crippen molar-refractivity contribution < 1.29 is 9.72 Å². The molecule has 4 aromatic rings. The molecule has 2 heterocycles. The van der Waals surface area contributed by atoms with Crippen LogP contribution in [-0.4, -0.2) is 35.8 Å². The number of aromatic nitrogens is 4. The van der Waals surface area contributed by atoms with Crippen LogP contribution in [0.4, 0.5) is 11.4 Å². The average Bonchev–Trinajstić information content (AvgIpc) is 3.23. The van der Waals surface area contributed by atoms with E-state index in [1.54, 1.807) is 25.4 Å². The molecule has 33 heavy (non-hydrogen) atoms. The SMILES string of the molecule is Cc1ccccc1-n1c(SC(C)C(=O)Nc2cccc([N+](=O)[O-])c2)nnc1-c1cccnc1. The van der Waals surface area contributed by atoms with E-state index in [4.69, 9.17) is 0 Å². The number of carbonyl (C=O) groups is 1. The number of benzene rings is 2. The third kappa shape index (κ3) is 4.90. The summed E-state index contributed by atoms with van der Waals surface area (Å²) in [6.07, 6.45) is 3.40. The Morgan fingerprint density at radius 1 is 1.12 bits per heavy atom. The quantitative estimate of drug-likeness (QED) is 0.242. The molecule has 0 aliphatic heterocycles. The molecule has 0 bridgehead atoms. The topological polar surface area (TPSA) is 116 Å². The highest BCUT2D eigenvalue weighted by molar-refractivity contribution is 8.00. The molecule has 1 atom stereocenters. The lowest BCUT2D eigenvalue weighted by Crippen LogP contribution is -2.23. The van der Waals surface area contributed by atoms with E-state index < -0.39 is 10.2 Å². The largest absolute Gasteiger partial charge is 0.325 e. The summed E-state index contributed by atoms with van der Waals surface area (Å²) in [4.78, 5) is 27.5. The van der Waals surface area contributed by atoms with Crippen molar-refractivity contribution >= 4 is 29.0 Å². The zero-order valence-corrected chi connectivity index (χ0v) is 18.7. The van der Waals surface area contributed by atoms with E-state index in [2.05, 4.69) is 20.5 Å². The first-order valence-electron chi connectivity index (χ1n) is 10.1. The molecule has 0 spiro atoms. The number of thioether (sulfide) groups is 1. The third-order valence-electron chi connectivity index (χ3n) is 4.89. The van der Waals surface area contributed by atoms with Crippen LogP contribution in [0.25, 0.3) is 17.1 Å². The predicted molar refractivity (Wildman–Crippen MR) is 126 cm³/mol. The molecular weight excluding hydrogens is 440 g/mol. The number of amides is 1. The van der Waals surface area contributed by atoms with Crippen molar-refractivity contribution in [3.8, 4) is 17.1 Å². The van der Waals surface area contributed by atoms with Crippen LogP contribution in [0.3, 0.4) is 0 Å². The maximum Gasteiger partial charge on any atom is 0.271 e. The number of nitro benzene ring substituents is 1. The predicted octanol–water partition coefficient (Wildman–Crippen LogP) is 4.67. The third-order valence-corrected chi connectivity index (χ3v) is 5.93. The minimum atomic E-state index is -0.544. The number of nitrogens with zero attached hydrogens (tertiary/aromatic N) is 5. The number of para-hydroxylation sites is 1. The summed E-state index contributed by atoms with van der Waals surface area (Å²) in [7, 11) is 0. The number of hydrogen-bond acceptors (Lipinski definition) is 7. The van der Waals surface area contributed by atoms with Crippen molar-refractivity contribution in [3.63, 3.8) is 0 Å². The highest BCUT2D eigenvalue weighted by Crippen LogP contribution is 2.31. The van der Waals surface area contributed by atoms with Gasteiger partial charge in [0.05, 0.1) is 15.9 Å². The van der Waals surface area contributed by atoms with Gasteiger partial charge in [-0.1, -0.05) is 36.0 Å². The molecule has 1 N–H and O–H groups in total. The Kier molecular flexibility index (Phi) is 6.45. The number of carbonyl (C=O) groups excluding carboxylic acids is 1. The Balaban J connectivity index is 1.63. The van der Waals surface area contributed by atoms with Crippen molar-refractivity contribution in [2.45, 2.75) is 24.3 Å². The smallest absolute Gasteiger partial charge is 0.271 e. The molecule has 2 aromatic heterocycles.